The van der Waals surface area contributed by atoms with Gasteiger partial charge in [0.2, 0.25) is 0 Å². The Morgan fingerprint density at radius 1 is 0.164 bits per heavy atom. The predicted octanol–water partition coefficient (Wildman–Crippen LogP) is 33.9. The molecule has 0 fully saturated rings. The molecule has 24 rings (SSSR count). The number of aryl methyl sites for hydroxylation is 8. The average molecular weight is 1790 g/mol. The monoisotopic (exact) mass is 1790 g/mol. The molecule has 24 aromatic rings. The van der Waals surface area contributed by atoms with Crippen molar-refractivity contribution in [3.63, 3.8) is 0 Å². The van der Waals surface area contributed by atoms with Crippen LogP contribution in [0.1, 0.15) is 66.8 Å². The number of aromatic nitrogens is 4. The molecule has 4 heterocycles. The van der Waals surface area contributed by atoms with Crippen LogP contribution in [-0.4, -0.2) is 18.3 Å². The minimum atomic E-state index is 0.482. The summed E-state index contributed by atoms with van der Waals surface area (Å²) in [6, 6.07) is 159. The molecule has 0 bridgehead atoms. The number of rotatable bonds is 17. The van der Waals surface area contributed by atoms with Gasteiger partial charge >= 0.3 is 0 Å². The van der Waals surface area contributed by atoms with E-state index in [-0.39, 0.29) is 0 Å². The van der Waals surface area contributed by atoms with Gasteiger partial charge in [0, 0.05) is 54.2 Å². The maximum atomic E-state index is 11.7. The molecule has 8 nitrogen and oxygen atoms in total. The highest BCUT2D eigenvalue weighted by molar-refractivity contribution is 6.17. The van der Waals surface area contributed by atoms with Crippen molar-refractivity contribution in [2.75, 3.05) is 0 Å². The zero-order valence-corrected chi connectivity index (χ0v) is 78.3. The Hall–Kier alpha value is -18.4. The van der Waals surface area contributed by atoms with Crippen LogP contribution in [0.4, 0.5) is 0 Å². The zero-order chi connectivity index (χ0) is 94.7. The lowest BCUT2D eigenvalue weighted by molar-refractivity contribution is 0.961. The van der Waals surface area contributed by atoms with Crippen molar-refractivity contribution in [2.45, 2.75) is 54.4 Å². The number of nitriles is 4. The third kappa shape index (κ3) is 15.0. The normalized spacial score (nSPS) is 11.5. The van der Waals surface area contributed by atoms with E-state index in [2.05, 4.69) is 448 Å². The third-order valence-electron chi connectivity index (χ3n) is 28.4. The van der Waals surface area contributed by atoms with Gasteiger partial charge in [-0.05, 0) is 287 Å². The van der Waals surface area contributed by atoms with Crippen LogP contribution in [0, 0.1) is 86.9 Å². The van der Waals surface area contributed by atoms with Gasteiger partial charge in [0.25, 0.3) is 0 Å². The molecule has 0 amide bonds. The van der Waals surface area contributed by atoms with Crippen LogP contribution in [-0.2, 0) is 12.8 Å². The van der Waals surface area contributed by atoms with Gasteiger partial charge < -0.3 is 18.3 Å². The molecule has 140 heavy (non-hydrogen) atoms. The van der Waals surface area contributed by atoms with Crippen molar-refractivity contribution < 1.29 is 0 Å². The average Bonchev–Trinajstić information content (AvgIpc) is 1.55. The number of fused-ring (bicyclic) bond motifs is 12. The summed E-state index contributed by atoms with van der Waals surface area (Å²) in [6.07, 6.45) is 1.54. The first kappa shape index (κ1) is 84.5. The van der Waals surface area contributed by atoms with Crippen LogP contribution in [0.15, 0.2) is 413 Å². The second-order valence-corrected chi connectivity index (χ2v) is 37.7. The first-order chi connectivity index (χ1) is 68.6. The Kier molecular flexibility index (Phi) is 20.8. The first-order valence-corrected chi connectivity index (χ1v) is 47.7. The van der Waals surface area contributed by atoms with Gasteiger partial charge in [0.1, 0.15) is 0 Å². The lowest BCUT2D eigenvalue weighted by Crippen LogP contribution is -2.05. The molecule has 0 saturated carbocycles. The molecule has 20 aromatic carbocycles. The molecule has 0 unspecified atom stereocenters. The fraction of sp³-hybridized carbons (Fsp3) is 0.0606. The summed E-state index contributed by atoms with van der Waals surface area (Å²) >= 11 is 0. The minimum Gasteiger partial charge on any atom is -0.308 e. The van der Waals surface area contributed by atoms with E-state index in [1.54, 1.807) is 0 Å². The Morgan fingerprint density at radius 3 is 0.621 bits per heavy atom. The summed E-state index contributed by atoms with van der Waals surface area (Å²) in [4.78, 5) is 0. The number of hydrogen-bond acceptors (Lipinski definition) is 4. The highest BCUT2D eigenvalue weighted by atomic mass is 15.0. The van der Waals surface area contributed by atoms with E-state index >= 15 is 0 Å². The molecule has 0 aliphatic carbocycles. The molecular weight excluding hydrogens is 1700 g/mol. The van der Waals surface area contributed by atoms with E-state index in [0.717, 1.165) is 240 Å². The van der Waals surface area contributed by atoms with E-state index < -0.39 is 0 Å². The van der Waals surface area contributed by atoms with E-state index in [4.69, 9.17) is 0 Å². The Morgan fingerprint density at radius 2 is 0.371 bits per heavy atom. The van der Waals surface area contributed by atoms with Crippen LogP contribution < -0.4 is 0 Å². The van der Waals surface area contributed by atoms with Crippen LogP contribution >= 0.6 is 0 Å². The number of benzene rings is 20. The predicted molar refractivity (Wildman–Crippen MR) is 579 cm³/mol. The van der Waals surface area contributed by atoms with Gasteiger partial charge in [-0.3, -0.25) is 0 Å². The maximum Gasteiger partial charge on any atom is 0.0993 e. The summed E-state index contributed by atoms with van der Waals surface area (Å²) in [5.41, 5.74) is 43.3. The van der Waals surface area contributed by atoms with Gasteiger partial charge in [-0.15, -0.1) is 0 Å². The van der Waals surface area contributed by atoms with E-state index in [9.17, 15) is 21.0 Å². The van der Waals surface area contributed by atoms with Gasteiger partial charge in [-0.1, -0.05) is 325 Å². The zero-order valence-electron chi connectivity index (χ0n) is 78.3. The largest absolute Gasteiger partial charge is 0.308 e. The van der Waals surface area contributed by atoms with Crippen molar-refractivity contribution in [3.05, 3.63) is 479 Å². The lowest BCUT2D eigenvalue weighted by Gasteiger charge is -2.21. The summed E-state index contributed by atoms with van der Waals surface area (Å²) < 4.78 is 9.47. The molecule has 658 valence electrons. The molecular formula is C132H90N8. The molecule has 8 heteroatoms. The van der Waals surface area contributed by atoms with Crippen LogP contribution in [0.5, 0.6) is 0 Å². The quantitative estimate of drug-likeness (QED) is 0.0903. The van der Waals surface area contributed by atoms with Crippen molar-refractivity contribution in [2.24, 2.45) is 0 Å². The van der Waals surface area contributed by atoms with Gasteiger partial charge in [0.05, 0.1) is 113 Å². The number of hydrogen-bond donors (Lipinski definition) is 0. The van der Waals surface area contributed by atoms with E-state index in [0.29, 0.717) is 22.3 Å². The summed E-state index contributed by atoms with van der Waals surface area (Å²) in [5, 5.41) is 53.5. The topological polar surface area (TPSA) is 115 Å². The standard InChI is InChI=1S/C132H90N8/c1-81-17-7-27-93(55-81)101-43-51-119-115(69-101)116-70-102(94-28-8-18-82(2)56-94)44-52-120(116)137(119)127-65-91(79-135)66-128(131(127)109-35-15-25-89(63-109)77-133)138-121-53-45-103(95-29-9-19-83(3)57-95)71-117(121)118-72-104(46-54-122(118)138)99-33-13-23-87(61-99)37-38-88-24-14-34-100(62-88)108-42-50-114-113-49-41-107(98-32-12-22-86(6)60-98)75-125(113)140(126(114)76-108)130-68-92(80-136)67-129(132(130)110-36-16-26-90(64-110)78-134)139-123-73-105(96-30-10-20-84(4)58-96)39-47-111(123)112-48-40-106(74-124(112)139)97-31-11-21-85(5)59-97/h7-36,39-76H,37-38H2,1-6H3. The molecule has 0 spiro atoms. The van der Waals surface area contributed by atoms with Crippen LogP contribution in [0.3, 0.4) is 0 Å². The van der Waals surface area contributed by atoms with Crippen LogP contribution in [0.2, 0.25) is 0 Å². The molecule has 0 aliphatic rings. The molecule has 0 N–H and O–H groups in total. The summed E-state index contributed by atoms with van der Waals surface area (Å²) in [7, 11) is 0. The second kappa shape index (κ2) is 34.5. The van der Waals surface area contributed by atoms with E-state index in [1.807, 2.05) is 48.5 Å². The first-order valence-electron chi connectivity index (χ1n) is 47.7. The second-order valence-electron chi connectivity index (χ2n) is 37.7. The highest BCUT2D eigenvalue weighted by Gasteiger charge is 2.29. The molecule has 0 atom stereocenters. The SMILES string of the molecule is Cc1cccc(-c2ccc3c(c2)c2cc(-c4cccc(C)c4)ccc2n3-c2cc(C#N)cc(-n3c4ccc(-c5cccc(C)c5)cc4c4cc(-c5cccc(CCc6cccc(-c7ccc8c9ccc(-c%10cccc(C)c%10)cc9n(-c9cc(C#N)cc(-n%10c%11cc(-c%12cccc(C)c%12)ccc%11c%11ccc(-c%12cccc(C)c%12)cc%11%10)c9-c9cccc(C#N)c9)c8c7)c6)c5)ccc43)c2-c2cccc(C#N)c2)c1. The van der Waals surface area contributed by atoms with Gasteiger partial charge in [0.15, 0.2) is 0 Å². The van der Waals surface area contributed by atoms with Gasteiger partial charge in [-0.25, -0.2) is 0 Å². The Bertz CT molecular complexity index is 9330. The highest BCUT2D eigenvalue weighted by Crippen LogP contribution is 2.50. The fourth-order valence-electron chi connectivity index (χ4n) is 21.7. The van der Waals surface area contributed by atoms with E-state index in [1.165, 1.54) is 38.9 Å². The maximum absolute atomic E-state index is 11.7. The number of nitrogens with zero attached hydrogens (tertiary/aromatic N) is 8. The van der Waals surface area contributed by atoms with Crippen molar-refractivity contribution in [1.82, 2.24) is 18.3 Å². The smallest absolute Gasteiger partial charge is 0.0993 e. The van der Waals surface area contributed by atoms with Crippen molar-refractivity contribution in [3.8, 4) is 158 Å². The molecule has 0 saturated heterocycles. The third-order valence-corrected chi connectivity index (χ3v) is 28.4. The lowest BCUT2D eigenvalue weighted by atomic mass is 9.96. The Balaban J connectivity index is 0.635. The van der Waals surface area contributed by atoms with Crippen molar-refractivity contribution in [1.29, 1.82) is 21.0 Å². The summed E-state index contributed by atoms with van der Waals surface area (Å²) in [6.45, 7) is 12.8. The van der Waals surface area contributed by atoms with Gasteiger partial charge in [-0.2, -0.15) is 21.0 Å². The van der Waals surface area contributed by atoms with Crippen molar-refractivity contribution >= 4 is 87.2 Å². The van der Waals surface area contributed by atoms with Crippen LogP contribution in [0.25, 0.3) is 221 Å². The molecule has 0 radical (unpaired) electrons. The summed E-state index contributed by atoms with van der Waals surface area (Å²) in [5.74, 6) is 0. The molecule has 4 aromatic heterocycles. The Labute approximate surface area is 812 Å². The fourth-order valence-corrected chi connectivity index (χ4v) is 21.7. The molecule has 0 aliphatic heterocycles. The minimum absolute atomic E-state index is 0.482.